The molecule has 1 aromatic carbocycles. The van der Waals surface area contributed by atoms with Gasteiger partial charge >= 0.3 is 0 Å². The molecule has 0 bridgehead atoms. The van der Waals surface area contributed by atoms with Crippen molar-refractivity contribution < 1.29 is 14.4 Å². The molecule has 0 spiro atoms. The van der Waals surface area contributed by atoms with Gasteiger partial charge in [-0.1, -0.05) is 31.5 Å². The molecule has 0 unspecified atom stereocenters. The van der Waals surface area contributed by atoms with E-state index in [0.717, 1.165) is 11.3 Å². The van der Waals surface area contributed by atoms with Crippen LogP contribution in [0.1, 0.15) is 25.0 Å². The molecule has 0 radical (unpaired) electrons. The quantitative estimate of drug-likeness (QED) is 0.790. The normalized spacial score (nSPS) is 10.5. The lowest BCUT2D eigenvalue weighted by molar-refractivity contribution is -0.136. The number of ether oxygens (including phenoxy) is 1. The SMILES string of the molecule is Cc1ccc(OCC(=O)NOCC(C)C)c(C)c1. The summed E-state index contributed by atoms with van der Waals surface area (Å²) in [4.78, 5) is 16.4. The maximum atomic E-state index is 11.4. The Bertz CT molecular complexity index is 402. The fourth-order valence-corrected chi connectivity index (χ4v) is 1.42. The maximum absolute atomic E-state index is 11.4. The molecule has 0 fully saturated rings. The summed E-state index contributed by atoms with van der Waals surface area (Å²) in [5, 5.41) is 0. The summed E-state index contributed by atoms with van der Waals surface area (Å²) in [7, 11) is 0. The third-order valence-corrected chi connectivity index (χ3v) is 2.29. The van der Waals surface area contributed by atoms with Crippen LogP contribution in [0.15, 0.2) is 18.2 Å². The molecular weight excluding hydrogens is 230 g/mol. The van der Waals surface area contributed by atoms with E-state index in [0.29, 0.717) is 12.5 Å². The summed E-state index contributed by atoms with van der Waals surface area (Å²) >= 11 is 0. The van der Waals surface area contributed by atoms with E-state index >= 15 is 0 Å². The van der Waals surface area contributed by atoms with Crippen molar-refractivity contribution in [3.63, 3.8) is 0 Å². The first kappa shape index (κ1) is 14.5. The summed E-state index contributed by atoms with van der Waals surface area (Å²) in [6, 6.07) is 5.84. The van der Waals surface area contributed by atoms with E-state index in [2.05, 4.69) is 5.48 Å². The van der Waals surface area contributed by atoms with Crippen molar-refractivity contribution >= 4 is 5.91 Å². The van der Waals surface area contributed by atoms with Crippen molar-refractivity contribution in [2.45, 2.75) is 27.7 Å². The Hall–Kier alpha value is -1.55. The Kier molecular flexibility index (Phi) is 5.65. The fourth-order valence-electron chi connectivity index (χ4n) is 1.42. The molecule has 1 amide bonds. The Balaban J connectivity index is 2.33. The monoisotopic (exact) mass is 251 g/mol. The van der Waals surface area contributed by atoms with Crippen LogP contribution in [0.2, 0.25) is 0 Å². The molecule has 0 aliphatic heterocycles. The third kappa shape index (κ3) is 5.19. The molecule has 1 N–H and O–H groups in total. The van der Waals surface area contributed by atoms with Gasteiger partial charge < -0.3 is 4.74 Å². The van der Waals surface area contributed by atoms with E-state index in [9.17, 15) is 4.79 Å². The average Bonchev–Trinajstić information content (AvgIpc) is 2.27. The number of amides is 1. The van der Waals surface area contributed by atoms with Gasteiger partial charge in [0.15, 0.2) is 6.61 Å². The molecule has 0 atom stereocenters. The summed E-state index contributed by atoms with van der Waals surface area (Å²) in [6.45, 7) is 8.45. The minimum atomic E-state index is -0.282. The zero-order chi connectivity index (χ0) is 13.5. The molecule has 0 aromatic heterocycles. The van der Waals surface area contributed by atoms with Crippen molar-refractivity contribution in [2.24, 2.45) is 5.92 Å². The lowest BCUT2D eigenvalue weighted by Crippen LogP contribution is -2.30. The number of hydrogen-bond acceptors (Lipinski definition) is 3. The summed E-state index contributed by atoms with van der Waals surface area (Å²) in [5.41, 5.74) is 4.54. The first-order chi connectivity index (χ1) is 8.49. The number of rotatable bonds is 6. The van der Waals surface area contributed by atoms with Crippen molar-refractivity contribution in [3.05, 3.63) is 29.3 Å². The topological polar surface area (TPSA) is 47.6 Å². The van der Waals surface area contributed by atoms with Crippen LogP contribution in [0.4, 0.5) is 0 Å². The van der Waals surface area contributed by atoms with E-state index < -0.39 is 0 Å². The lowest BCUT2D eigenvalue weighted by Gasteiger charge is -2.10. The van der Waals surface area contributed by atoms with Crippen molar-refractivity contribution in [3.8, 4) is 5.75 Å². The van der Waals surface area contributed by atoms with E-state index in [1.54, 1.807) is 0 Å². The molecule has 0 heterocycles. The van der Waals surface area contributed by atoms with Crippen LogP contribution in [0.3, 0.4) is 0 Å². The number of aryl methyl sites for hydroxylation is 2. The van der Waals surface area contributed by atoms with Gasteiger partial charge in [0, 0.05) is 0 Å². The Morgan fingerprint density at radius 1 is 1.33 bits per heavy atom. The number of hydroxylamine groups is 1. The molecule has 0 aliphatic rings. The zero-order valence-electron chi connectivity index (χ0n) is 11.4. The van der Waals surface area contributed by atoms with E-state index in [4.69, 9.17) is 9.57 Å². The van der Waals surface area contributed by atoms with Gasteiger partial charge in [0.05, 0.1) is 6.61 Å². The minimum Gasteiger partial charge on any atom is -0.483 e. The molecule has 0 aliphatic carbocycles. The first-order valence-electron chi connectivity index (χ1n) is 6.09. The largest absolute Gasteiger partial charge is 0.483 e. The van der Waals surface area contributed by atoms with E-state index in [-0.39, 0.29) is 12.5 Å². The lowest BCUT2D eigenvalue weighted by atomic mass is 10.1. The highest BCUT2D eigenvalue weighted by molar-refractivity contribution is 5.76. The van der Waals surface area contributed by atoms with Gasteiger partial charge in [-0.05, 0) is 31.4 Å². The second-order valence-electron chi connectivity index (χ2n) is 4.79. The van der Waals surface area contributed by atoms with Crippen LogP contribution < -0.4 is 10.2 Å². The Morgan fingerprint density at radius 2 is 2.06 bits per heavy atom. The molecule has 18 heavy (non-hydrogen) atoms. The predicted octanol–water partition coefficient (Wildman–Crippen LogP) is 2.39. The van der Waals surface area contributed by atoms with Gasteiger partial charge in [-0.3, -0.25) is 9.63 Å². The molecule has 4 heteroatoms. The van der Waals surface area contributed by atoms with Crippen LogP contribution in [-0.4, -0.2) is 19.1 Å². The maximum Gasteiger partial charge on any atom is 0.281 e. The highest BCUT2D eigenvalue weighted by Crippen LogP contribution is 2.18. The van der Waals surface area contributed by atoms with Gasteiger partial charge in [-0.2, -0.15) is 0 Å². The molecule has 4 nitrogen and oxygen atoms in total. The van der Waals surface area contributed by atoms with Crippen LogP contribution in [0, 0.1) is 19.8 Å². The molecule has 1 rings (SSSR count). The van der Waals surface area contributed by atoms with Gasteiger partial charge in [-0.15, -0.1) is 0 Å². The number of carbonyl (C=O) groups excluding carboxylic acids is 1. The second kappa shape index (κ2) is 7.01. The van der Waals surface area contributed by atoms with Crippen LogP contribution in [-0.2, 0) is 9.63 Å². The Labute approximate surface area is 108 Å². The minimum absolute atomic E-state index is 0.0397. The molecular formula is C14H21NO3. The molecule has 100 valence electrons. The summed E-state index contributed by atoms with van der Waals surface area (Å²) < 4.78 is 5.42. The number of carbonyl (C=O) groups is 1. The van der Waals surface area contributed by atoms with Crippen LogP contribution in [0.5, 0.6) is 5.75 Å². The van der Waals surface area contributed by atoms with Gasteiger partial charge in [0.25, 0.3) is 5.91 Å². The Morgan fingerprint density at radius 3 is 2.67 bits per heavy atom. The molecule has 0 saturated carbocycles. The van der Waals surface area contributed by atoms with Crippen molar-refractivity contribution in [1.82, 2.24) is 5.48 Å². The van der Waals surface area contributed by atoms with Crippen molar-refractivity contribution in [2.75, 3.05) is 13.2 Å². The predicted molar refractivity (Wildman–Crippen MR) is 70.3 cm³/mol. The molecule has 0 saturated heterocycles. The van der Waals surface area contributed by atoms with E-state index in [1.165, 1.54) is 5.56 Å². The van der Waals surface area contributed by atoms with Gasteiger partial charge in [0.2, 0.25) is 0 Å². The second-order valence-corrected chi connectivity index (χ2v) is 4.79. The van der Waals surface area contributed by atoms with Crippen molar-refractivity contribution in [1.29, 1.82) is 0 Å². The number of benzene rings is 1. The zero-order valence-corrected chi connectivity index (χ0v) is 11.4. The highest BCUT2D eigenvalue weighted by atomic mass is 16.7. The standard InChI is InChI=1S/C14H21NO3/c1-10(2)8-18-15-14(16)9-17-13-6-5-11(3)7-12(13)4/h5-7,10H,8-9H2,1-4H3,(H,15,16). The first-order valence-corrected chi connectivity index (χ1v) is 6.09. The number of nitrogens with one attached hydrogen (secondary N) is 1. The van der Waals surface area contributed by atoms with Gasteiger partial charge in [0.1, 0.15) is 5.75 Å². The summed E-state index contributed by atoms with van der Waals surface area (Å²) in [6.07, 6.45) is 0. The van der Waals surface area contributed by atoms with Crippen LogP contribution in [0.25, 0.3) is 0 Å². The smallest absolute Gasteiger partial charge is 0.281 e. The van der Waals surface area contributed by atoms with Crippen LogP contribution >= 0.6 is 0 Å². The number of hydrogen-bond donors (Lipinski definition) is 1. The molecule has 1 aromatic rings. The fraction of sp³-hybridized carbons (Fsp3) is 0.500. The highest BCUT2D eigenvalue weighted by Gasteiger charge is 2.05. The third-order valence-electron chi connectivity index (χ3n) is 2.29. The average molecular weight is 251 g/mol. The van der Waals surface area contributed by atoms with Gasteiger partial charge in [-0.25, -0.2) is 5.48 Å². The van der Waals surface area contributed by atoms with E-state index in [1.807, 2.05) is 45.9 Å². The summed E-state index contributed by atoms with van der Waals surface area (Å²) in [5.74, 6) is 0.820.